The van der Waals surface area contributed by atoms with Gasteiger partial charge in [-0.3, -0.25) is 14.2 Å². The first kappa shape index (κ1) is 27.3. The van der Waals surface area contributed by atoms with Gasteiger partial charge in [0, 0.05) is 12.1 Å². The molecule has 0 N–H and O–H groups in total. The molecular formula is C33H29ClFN3O2. The fourth-order valence-electron chi connectivity index (χ4n) is 4.94. The zero-order valence-corrected chi connectivity index (χ0v) is 23.1. The van der Waals surface area contributed by atoms with Crippen molar-refractivity contribution in [3.8, 4) is 5.69 Å². The monoisotopic (exact) mass is 553 g/mol. The highest BCUT2D eigenvalue weighted by Gasteiger charge is 2.30. The number of nitrogens with zero attached hydrogens (tertiary/aromatic N) is 3. The third kappa shape index (κ3) is 5.54. The minimum Gasteiger partial charge on any atom is -0.328 e. The summed E-state index contributed by atoms with van der Waals surface area (Å²) in [4.78, 5) is 34.7. The van der Waals surface area contributed by atoms with Crippen molar-refractivity contribution < 1.29 is 9.18 Å². The molecule has 0 radical (unpaired) electrons. The van der Waals surface area contributed by atoms with E-state index >= 15 is 0 Å². The van der Waals surface area contributed by atoms with Crippen LogP contribution in [0.1, 0.15) is 46.7 Å². The third-order valence-electron chi connectivity index (χ3n) is 7.07. The average molecular weight is 554 g/mol. The Morgan fingerprint density at radius 1 is 0.975 bits per heavy atom. The molecular weight excluding hydrogens is 525 g/mol. The first-order valence-corrected chi connectivity index (χ1v) is 13.6. The molecule has 1 heterocycles. The Balaban J connectivity index is 1.69. The number of hydrogen-bond donors (Lipinski definition) is 0. The van der Waals surface area contributed by atoms with E-state index in [2.05, 4.69) is 0 Å². The van der Waals surface area contributed by atoms with Crippen molar-refractivity contribution in [2.24, 2.45) is 0 Å². The van der Waals surface area contributed by atoms with E-state index in [1.807, 2.05) is 74.5 Å². The Labute approximate surface area is 237 Å². The topological polar surface area (TPSA) is 55.2 Å². The summed E-state index contributed by atoms with van der Waals surface area (Å²) in [6, 6.07) is 28.1. The normalized spacial score (nSPS) is 11.9. The molecule has 0 spiro atoms. The molecule has 1 amide bonds. The molecule has 0 saturated heterocycles. The summed E-state index contributed by atoms with van der Waals surface area (Å²) < 4.78 is 15.6. The Bertz CT molecular complexity index is 1720. The zero-order chi connectivity index (χ0) is 28.2. The highest BCUT2D eigenvalue weighted by atomic mass is 35.5. The van der Waals surface area contributed by atoms with E-state index in [9.17, 15) is 14.0 Å². The number of rotatable bonds is 8. The highest BCUT2D eigenvalue weighted by molar-refractivity contribution is 6.30. The van der Waals surface area contributed by atoms with Gasteiger partial charge in [0.05, 0.1) is 27.7 Å². The van der Waals surface area contributed by atoms with Gasteiger partial charge in [-0.2, -0.15) is 0 Å². The standard InChI is InChI=1S/C33H29ClFN3O2/c1-3-30(37(20-19-23-9-5-4-6-10-23)32(39)24-15-13-22(2)14-16-24)31-36-29-12-8-7-11-26(29)33(40)38(31)25-17-18-28(35)27(34)21-25/h4-18,21,30H,3,19-20H2,1-2H3. The number of carbonyl (C=O) groups is 1. The molecule has 1 aromatic heterocycles. The van der Waals surface area contributed by atoms with E-state index in [1.165, 1.54) is 22.8 Å². The number of aromatic nitrogens is 2. The summed E-state index contributed by atoms with van der Waals surface area (Å²) in [5, 5.41) is 0.315. The molecule has 0 bridgehead atoms. The van der Waals surface area contributed by atoms with E-state index in [0.717, 1.165) is 11.1 Å². The lowest BCUT2D eigenvalue weighted by molar-refractivity contribution is 0.0662. The molecule has 5 aromatic rings. The van der Waals surface area contributed by atoms with E-state index in [-0.39, 0.29) is 16.5 Å². The van der Waals surface area contributed by atoms with E-state index in [4.69, 9.17) is 16.6 Å². The Hall–Kier alpha value is -4.29. The van der Waals surface area contributed by atoms with Crippen molar-refractivity contribution in [3.05, 3.63) is 141 Å². The van der Waals surface area contributed by atoms with Crippen molar-refractivity contribution in [2.75, 3.05) is 6.54 Å². The van der Waals surface area contributed by atoms with Crippen LogP contribution in [0, 0.1) is 12.7 Å². The average Bonchev–Trinajstić information content (AvgIpc) is 2.97. The molecule has 0 aliphatic carbocycles. The summed E-state index contributed by atoms with van der Waals surface area (Å²) in [6.45, 7) is 4.34. The number of halogens is 2. The molecule has 40 heavy (non-hydrogen) atoms. The lowest BCUT2D eigenvalue weighted by Gasteiger charge is -2.32. The predicted octanol–water partition coefficient (Wildman–Crippen LogP) is 7.32. The zero-order valence-electron chi connectivity index (χ0n) is 22.4. The number of para-hydroxylation sites is 1. The maximum Gasteiger partial charge on any atom is 0.266 e. The van der Waals surface area contributed by atoms with Gasteiger partial charge < -0.3 is 4.90 Å². The molecule has 5 nitrogen and oxygen atoms in total. The molecule has 202 valence electrons. The molecule has 0 saturated carbocycles. The minimum atomic E-state index is -0.583. The second-order valence-corrected chi connectivity index (χ2v) is 10.2. The largest absolute Gasteiger partial charge is 0.328 e. The smallest absolute Gasteiger partial charge is 0.266 e. The molecule has 1 atom stereocenters. The van der Waals surface area contributed by atoms with Crippen LogP contribution in [0.4, 0.5) is 4.39 Å². The first-order chi connectivity index (χ1) is 19.4. The molecule has 0 fully saturated rings. The Morgan fingerprint density at radius 3 is 2.38 bits per heavy atom. The van der Waals surface area contributed by atoms with Gasteiger partial charge in [-0.15, -0.1) is 0 Å². The fourth-order valence-corrected chi connectivity index (χ4v) is 5.12. The van der Waals surface area contributed by atoms with E-state index in [0.29, 0.717) is 47.4 Å². The van der Waals surface area contributed by atoms with Crippen molar-refractivity contribution in [3.63, 3.8) is 0 Å². The van der Waals surface area contributed by atoms with Gasteiger partial charge in [0.25, 0.3) is 11.5 Å². The van der Waals surface area contributed by atoms with Crippen molar-refractivity contribution in [2.45, 2.75) is 32.7 Å². The maximum atomic E-state index is 14.1. The van der Waals surface area contributed by atoms with Crippen molar-refractivity contribution >= 4 is 28.4 Å². The van der Waals surface area contributed by atoms with Gasteiger partial charge in [-0.25, -0.2) is 9.37 Å². The maximum absolute atomic E-state index is 14.1. The lowest BCUT2D eigenvalue weighted by atomic mass is 10.0. The van der Waals surface area contributed by atoms with Crippen LogP contribution in [-0.2, 0) is 6.42 Å². The van der Waals surface area contributed by atoms with Crippen LogP contribution in [0.25, 0.3) is 16.6 Å². The summed E-state index contributed by atoms with van der Waals surface area (Å²) in [5.41, 5.74) is 3.29. The SMILES string of the molecule is CCC(c1nc2ccccc2c(=O)n1-c1ccc(F)c(Cl)c1)N(CCc1ccccc1)C(=O)c1ccc(C)cc1. The third-order valence-corrected chi connectivity index (χ3v) is 7.36. The van der Waals surface area contributed by atoms with Crippen LogP contribution in [0.15, 0.2) is 102 Å². The number of benzene rings is 4. The Kier molecular flexibility index (Phi) is 8.08. The van der Waals surface area contributed by atoms with Gasteiger partial charge >= 0.3 is 0 Å². The summed E-state index contributed by atoms with van der Waals surface area (Å²) in [6.07, 6.45) is 1.11. The van der Waals surface area contributed by atoms with E-state index < -0.39 is 11.9 Å². The van der Waals surface area contributed by atoms with Crippen LogP contribution < -0.4 is 5.56 Å². The summed E-state index contributed by atoms with van der Waals surface area (Å²) in [7, 11) is 0. The van der Waals surface area contributed by atoms with Crippen LogP contribution >= 0.6 is 11.6 Å². The van der Waals surface area contributed by atoms with Gasteiger partial charge in [0.15, 0.2) is 0 Å². The number of hydrogen-bond acceptors (Lipinski definition) is 3. The number of amides is 1. The van der Waals surface area contributed by atoms with E-state index in [1.54, 1.807) is 23.1 Å². The number of carbonyl (C=O) groups excluding carboxylic acids is 1. The number of aryl methyl sites for hydroxylation is 1. The van der Waals surface area contributed by atoms with Crippen LogP contribution in [0.5, 0.6) is 0 Å². The van der Waals surface area contributed by atoms with Crippen LogP contribution in [-0.4, -0.2) is 26.9 Å². The molecule has 7 heteroatoms. The van der Waals surface area contributed by atoms with Gasteiger partial charge in [-0.1, -0.05) is 78.7 Å². The first-order valence-electron chi connectivity index (χ1n) is 13.3. The fraction of sp³-hybridized carbons (Fsp3) is 0.182. The molecule has 0 aliphatic heterocycles. The molecule has 5 rings (SSSR count). The molecule has 0 aliphatic rings. The minimum absolute atomic E-state index is 0.103. The molecule has 4 aromatic carbocycles. The number of fused-ring (bicyclic) bond motifs is 1. The predicted molar refractivity (Wildman–Crippen MR) is 158 cm³/mol. The van der Waals surface area contributed by atoms with Crippen LogP contribution in [0.2, 0.25) is 5.02 Å². The van der Waals surface area contributed by atoms with Gasteiger partial charge in [-0.05, 0) is 67.8 Å². The lowest BCUT2D eigenvalue weighted by Crippen LogP contribution is -2.39. The van der Waals surface area contributed by atoms with Gasteiger partial charge in [0.2, 0.25) is 0 Å². The second-order valence-electron chi connectivity index (χ2n) is 9.75. The Morgan fingerprint density at radius 2 is 1.68 bits per heavy atom. The van der Waals surface area contributed by atoms with Crippen molar-refractivity contribution in [1.82, 2.24) is 14.5 Å². The van der Waals surface area contributed by atoms with Crippen LogP contribution in [0.3, 0.4) is 0 Å². The summed E-state index contributed by atoms with van der Waals surface area (Å²) in [5.74, 6) is -0.351. The van der Waals surface area contributed by atoms with Gasteiger partial charge in [0.1, 0.15) is 11.6 Å². The summed E-state index contributed by atoms with van der Waals surface area (Å²) >= 11 is 6.15. The second kappa shape index (κ2) is 11.8. The highest BCUT2D eigenvalue weighted by Crippen LogP contribution is 2.29. The molecule has 1 unspecified atom stereocenters. The van der Waals surface area contributed by atoms with Crippen molar-refractivity contribution in [1.29, 1.82) is 0 Å². The quantitative estimate of drug-likeness (QED) is 0.202.